The van der Waals surface area contributed by atoms with Crippen molar-refractivity contribution in [2.45, 2.75) is 0 Å². The van der Waals surface area contributed by atoms with Crippen molar-refractivity contribution in [2.75, 3.05) is 0 Å². The second-order valence-electron chi connectivity index (χ2n) is 0.0891. The zero-order chi connectivity index (χ0) is 3.41. The van der Waals surface area contributed by atoms with Crippen LogP contribution in [0.5, 0.6) is 0 Å². The van der Waals surface area contributed by atoms with Gasteiger partial charge in [-0.2, -0.15) is 4.61 Å². The largest absolute Gasteiger partial charge is 1.00 e. The minimum atomic E-state index is 0. The second-order valence-corrected chi connectivity index (χ2v) is 0.598. The van der Waals surface area contributed by atoms with E-state index in [0.29, 0.717) is 0 Å². The normalized spacial score (nSPS) is 7.75. The molecule has 0 bridgehead atoms. The van der Waals surface area contributed by atoms with Gasteiger partial charge in [0.15, 0.2) is 1.43 Å². The third-order valence-electron chi connectivity index (χ3n) is 0. The van der Waals surface area contributed by atoms with Gasteiger partial charge in [0.2, 0.25) is 0 Å². The molecule has 4 heavy (non-hydrogen) atoms. The molecule has 3 heteroatoms. The van der Waals surface area contributed by atoms with E-state index in [1.807, 2.05) is 22.6 Å². The average Bonchev–Trinajstić information content (AvgIpc) is 1.37. The standard InChI is InChI=1S/CH2IO.K/c2-1-3;/h1,3H;/q-1;+1/i3D;. The van der Waals surface area contributed by atoms with Gasteiger partial charge in [-0.3, -0.25) is 22.6 Å². The topological polar surface area (TPSA) is 20.2 Å². The quantitative estimate of drug-likeness (QED) is 0.290. The number of aliphatic hydroxyl groups is 1. The van der Waals surface area contributed by atoms with Crippen LogP contribution in [0.15, 0.2) is 0 Å². The molecule has 1 nitrogen and oxygen atoms in total. The Labute approximate surface area is 83.2 Å². The summed E-state index contributed by atoms with van der Waals surface area (Å²) in [6.07, 6.45) is 0. The van der Waals surface area contributed by atoms with Crippen molar-refractivity contribution in [3.63, 3.8) is 0 Å². The third kappa shape index (κ3) is 8.85. The van der Waals surface area contributed by atoms with Crippen molar-refractivity contribution in [3.05, 3.63) is 4.61 Å². The van der Waals surface area contributed by atoms with E-state index < -0.39 is 0 Å². The summed E-state index contributed by atoms with van der Waals surface area (Å²) >= 11 is 1.82. The van der Waals surface area contributed by atoms with Crippen LogP contribution in [0.25, 0.3) is 0 Å². The molecule has 0 rings (SSSR count). The van der Waals surface area contributed by atoms with E-state index in [4.69, 9.17) is 1.43 Å². The maximum atomic E-state index is 5.89. The van der Waals surface area contributed by atoms with Gasteiger partial charge in [0.1, 0.15) is 0 Å². The summed E-state index contributed by atoms with van der Waals surface area (Å²) < 4.78 is 7.15. The molecule has 0 aromatic rings. The average molecular weight is 197 g/mol. The number of aliphatic hydroxyl groups excluding tert-OH is 1. The van der Waals surface area contributed by atoms with E-state index >= 15 is 0 Å². The molecule has 0 saturated carbocycles. The molecule has 0 radical (unpaired) electrons. The Bertz CT molecular complexity index is 13.6. The number of rotatable bonds is 1. The molecule has 0 aliphatic rings. The summed E-state index contributed by atoms with van der Waals surface area (Å²) in [7, 11) is 0. The van der Waals surface area contributed by atoms with Crippen LogP contribution in [0.1, 0.15) is 1.43 Å². The van der Waals surface area contributed by atoms with Crippen molar-refractivity contribution in [2.24, 2.45) is 0 Å². The summed E-state index contributed by atoms with van der Waals surface area (Å²) in [5.74, 6) is 0. The Morgan fingerprint density at radius 3 is 2.50 bits per heavy atom. The summed E-state index contributed by atoms with van der Waals surface area (Å²) in [6.45, 7) is 0. The molecule has 0 unspecified atom stereocenters. The zero-order valence-corrected chi connectivity index (χ0v) is 7.64. The predicted molar refractivity (Wildman–Crippen MR) is 20.3 cm³/mol. The molecule has 20 valence electrons. The van der Waals surface area contributed by atoms with Crippen LogP contribution in [-0.2, 0) is 0 Å². The van der Waals surface area contributed by atoms with Gasteiger partial charge in [-0.25, -0.2) is 0 Å². The SMILES string of the molecule is [2H]O[CH-]I.[K+]. The van der Waals surface area contributed by atoms with E-state index in [1.54, 1.807) is 0 Å². The van der Waals surface area contributed by atoms with E-state index in [9.17, 15) is 0 Å². The Balaban J connectivity index is 0. The smallest absolute Gasteiger partial charge is 0.555 e. The van der Waals surface area contributed by atoms with E-state index in [1.165, 1.54) is 4.61 Å². The molecular formula is CH2IKO. The fourth-order valence-corrected chi connectivity index (χ4v) is 0. The van der Waals surface area contributed by atoms with E-state index in [0.717, 1.165) is 0 Å². The van der Waals surface area contributed by atoms with Crippen LogP contribution < -0.4 is 51.4 Å². The molecule has 0 atom stereocenters. The predicted octanol–water partition coefficient (Wildman–Crippen LogP) is -2.08. The van der Waals surface area contributed by atoms with E-state index in [2.05, 4.69) is 5.11 Å². The summed E-state index contributed by atoms with van der Waals surface area (Å²) in [4.78, 5) is 0. The molecule has 0 spiro atoms. The Hall–Kier alpha value is 2.33. The first kappa shape index (κ1) is 6.33. The van der Waals surface area contributed by atoms with Crippen molar-refractivity contribution in [1.82, 2.24) is 0 Å². The first-order valence-electron chi connectivity index (χ1n) is 0.862. The van der Waals surface area contributed by atoms with Crippen LogP contribution in [0, 0.1) is 4.61 Å². The van der Waals surface area contributed by atoms with Gasteiger partial charge in [0, 0.05) is 0 Å². The third-order valence-corrected chi connectivity index (χ3v) is 0. The van der Waals surface area contributed by atoms with Gasteiger partial charge in [-0.05, 0) is 0 Å². The van der Waals surface area contributed by atoms with Gasteiger partial charge in [0.25, 0.3) is 0 Å². The van der Waals surface area contributed by atoms with Gasteiger partial charge in [-0.1, -0.05) is 0 Å². The monoisotopic (exact) mass is 197 g/mol. The van der Waals surface area contributed by atoms with Gasteiger partial charge in [0.05, 0.1) is 0 Å². The molecule has 0 saturated heterocycles. The maximum absolute atomic E-state index is 5.89. The molecule has 0 aromatic heterocycles. The summed E-state index contributed by atoms with van der Waals surface area (Å²) in [5, 5.41) is 3.65. The Kier molecular flexibility index (Phi) is 14.3. The van der Waals surface area contributed by atoms with Crippen molar-refractivity contribution in [1.29, 1.82) is 0 Å². The number of halogens is 1. The fourth-order valence-electron chi connectivity index (χ4n) is 0. The summed E-state index contributed by atoms with van der Waals surface area (Å²) in [5.41, 5.74) is 0. The van der Waals surface area contributed by atoms with Crippen molar-refractivity contribution < 1.29 is 57.9 Å². The van der Waals surface area contributed by atoms with Crippen LogP contribution in [0.2, 0.25) is 0 Å². The fraction of sp³-hybridized carbons (Fsp3) is 0. The number of hydrogen-bond acceptors (Lipinski definition) is 1. The van der Waals surface area contributed by atoms with Gasteiger partial charge >= 0.3 is 51.4 Å². The minimum absolute atomic E-state index is 0. The Morgan fingerprint density at radius 2 is 2.50 bits per heavy atom. The zero-order valence-electron chi connectivity index (χ0n) is 3.36. The van der Waals surface area contributed by atoms with Crippen LogP contribution in [-0.4, -0.2) is 5.11 Å². The first-order valence-corrected chi connectivity index (χ1v) is 1.70. The van der Waals surface area contributed by atoms with E-state index in [-0.39, 0.29) is 51.4 Å². The molecular weight excluding hydrogens is 194 g/mol. The molecule has 0 amide bonds. The van der Waals surface area contributed by atoms with Crippen LogP contribution in [0.4, 0.5) is 0 Å². The minimum Gasteiger partial charge on any atom is -0.555 e. The van der Waals surface area contributed by atoms with Crippen molar-refractivity contribution >= 4 is 22.6 Å². The van der Waals surface area contributed by atoms with Crippen LogP contribution in [0.3, 0.4) is 0 Å². The molecule has 0 aliphatic heterocycles. The Morgan fingerprint density at radius 1 is 2.25 bits per heavy atom. The summed E-state index contributed by atoms with van der Waals surface area (Å²) in [6, 6.07) is 0. The van der Waals surface area contributed by atoms with Crippen LogP contribution >= 0.6 is 22.6 Å². The van der Waals surface area contributed by atoms with Crippen molar-refractivity contribution in [3.8, 4) is 0 Å². The maximum Gasteiger partial charge on any atom is 1.00 e. The van der Waals surface area contributed by atoms with Gasteiger partial charge < -0.3 is 5.11 Å². The van der Waals surface area contributed by atoms with Gasteiger partial charge in [-0.15, -0.1) is 0 Å². The molecule has 0 aliphatic carbocycles. The molecule has 0 heterocycles. The first-order chi connectivity index (χ1) is 1.91. The molecule has 0 fully saturated rings. The molecule has 1 N–H and O–H groups in total. The second kappa shape index (κ2) is 9.01. The number of hydrogen-bond donors (Lipinski definition) is 1. The molecule has 0 aromatic carbocycles.